The van der Waals surface area contributed by atoms with Gasteiger partial charge in [-0.15, -0.1) is 0 Å². The van der Waals surface area contributed by atoms with E-state index in [0.29, 0.717) is 25.7 Å². The quantitative estimate of drug-likeness (QED) is 0.0262. The van der Waals surface area contributed by atoms with Crippen LogP contribution in [0.15, 0.2) is 134 Å². The highest BCUT2D eigenvalue weighted by Gasteiger charge is 2.19. The number of carbonyl (C=O) groups is 3. The minimum absolute atomic E-state index is 0.0989. The van der Waals surface area contributed by atoms with Crippen LogP contribution in [0.1, 0.15) is 233 Å². The average Bonchev–Trinajstić information content (AvgIpc) is 3.36. The molecule has 1 atom stereocenters. The highest BCUT2D eigenvalue weighted by molar-refractivity contribution is 5.71. The number of hydrogen-bond acceptors (Lipinski definition) is 6. The van der Waals surface area contributed by atoms with Crippen molar-refractivity contribution in [3.05, 3.63) is 134 Å². The molecule has 0 bridgehead atoms. The summed E-state index contributed by atoms with van der Waals surface area (Å²) >= 11 is 0. The lowest BCUT2D eigenvalue weighted by Gasteiger charge is -2.18. The summed E-state index contributed by atoms with van der Waals surface area (Å²) in [6.45, 7) is 6.37. The number of carbonyl (C=O) groups excluding carboxylic acids is 3. The van der Waals surface area contributed by atoms with E-state index in [-0.39, 0.29) is 31.1 Å². The van der Waals surface area contributed by atoms with Gasteiger partial charge in [0.1, 0.15) is 13.2 Å². The molecule has 0 aliphatic rings. The molecular formula is C64H102O6. The molecule has 0 amide bonds. The second-order valence-corrected chi connectivity index (χ2v) is 18.1. The Morgan fingerprint density at radius 3 is 0.914 bits per heavy atom. The van der Waals surface area contributed by atoms with Crippen molar-refractivity contribution in [3.8, 4) is 0 Å². The van der Waals surface area contributed by atoms with Crippen molar-refractivity contribution in [2.45, 2.75) is 239 Å². The van der Waals surface area contributed by atoms with Crippen LogP contribution in [0.2, 0.25) is 0 Å². The normalized spacial score (nSPS) is 13.1. The van der Waals surface area contributed by atoms with E-state index >= 15 is 0 Å². The Balaban J connectivity index is 4.19. The predicted octanol–water partition coefficient (Wildman–Crippen LogP) is 19.0. The van der Waals surface area contributed by atoms with E-state index in [2.05, 4.69) is 154 Å². The average molecular weight is 968 g/mol. The van der Waals surface area contributed by atoms with E-state index in [1.165, 1.54) is 44.9 Å². The van der Waals surface area contributed by atoms with Crippen LogP contribution in [0.3, 0.4) is 0 Å². The van der Waals surface area contributed by atoms with Crippen LogP contribution < -0.4 is 0 Å². The van der Waals surface area contributed by atoms with Crippen LogP contribution in [0.25, 0.3) is 0 Å². The number of unbranched alkanes of at least 4 members (excludes halogenated alkanes) is 16. The molecule has 0 saturated carbocycles. The van der Waals surface area contributed by atoms with E-state index in [4.69, 9.17) is 14.2 Å². The van der Waals surface area contributed by atoms with Crippen molar-refractivity contribution in [2.75, 3.05) is 13.2 Å². The highest BCUT2D eigenvalue weighted by atomic mass is 16.6. The fraction of sp³-hybridized carbons (Fsp3) is 0.609. The van der Waals surface area contributed by atoms with Gasteiger partial charge in [0.15, 0.2) is 6.10 Å². The Labute approximate surface area is 430 Å². The molecule has 1 unspecified atom stereocenters. The molecule has 0 N–H and O–H groups in total. The number of esters is 3. The SMILES string of the molecule is CC/C=C\C/C=C\C/C=C\C/C=C\C/C=C\C/C=C\C/C=C\C/C=C\C/C=C\C/C=C\CCCCC(=O)OCC(COC(=O)CCCCCCC)OC(=O)CCCCCCC/C=C\CCCCCCC. The summed E-state index contributed by atoms with van der Waals surface area (Å²) in [7, 11) is 0. The van der Waals surface area contributed by atoms with E-state index in [9.17, 15) is 14.4 Å². The Morgan fingerprint density at radius 2 is 0.557 bits per heavy atom. The minimum atomic E-state index is -0.799. The van der Waals surface area contributed by atoms with Crippen molar-refractivity contribution < 1.29 is 28.6 Å². The zero-order valence-electron chi connectivity index (χ0n) is 45.0. The van der Waals surface area contributed by atoms with Crippen LogP contribution in [0, 0.1) is 0 Å². The molecule has 0 saturated heterocycles. The highest BCUT2D eigenvalue weighted by Crippen LogP contribution is 2.12. The van der Waals surface area contributed by atoms with Crippen LogP contribution in [-0.2, 0) is 28.6 Å². The summed E-state index contributed by atoms with van der Waals surface area (Å²) in [6, 6.07) is 0. The molecule has 0 heterocycles. The molecule has 0 rings (SSSR count). The molecule has 0 fully saturated rings. The summed E-state index contributed by atoms with van der Waals surface area (Å²) in [4.78, 5) is 37.7. The van der Waals surface area contributed by atoms with Crippen molar-refractivity contribution >= 4 is 17.9 Å². The molecule has 0 aromatic carbocycles. The molecule has 70 heavy (non-hydrogen) atoms. The Kier molecular flexibility index (Phi) is 53.5. The van der Waals surface area contributed by atoms with Gasteiger partial charge in [-0.1, -0.05) is 225 Å². The standard InChI is InChI=1S/C64H102O6/c1-4-7-10-13-15-17-19-21-23-24-25-26-27-28-29-30-31-32-33-34-35-36-37-38-39-40-41-43-44-46-48-51-54-57-63(66)69-60-61(59-68-62(65)56-53-50-12-9-6-3)70-64(67)58-55-52-49-47-45-42-22-20-18-16-14-11-8-5-2/h7,10,15,17,20-23,25-26,28-29,31-32,34-35,37-38,40-41,44,46,61H,4-6,8-9,11-14,16,18-19,24,27,30,33,36,39,42-43,45,47-60H2,1-3H3/b10-7-,17-15-,22-20-,23-21-,26-25-,29-28-,32-31-,35-34-,38-37-,41-40-,46-44-. The molecule has 0 aromatic heterocycles. The molecule has 0 aromatic rings. The molecule has 0 aliphatic heterocycles. The fourth-order valence-electron chi connectivity index (χ4n) is 7.17. The van der Waals surface area contributed by atoms with Gasteiger partial charge in [0.05, 0.1) is 0 Å². The lowest BCUT2D eigenvalue weighted by Crippen LogP contribution is -2.30. The van der Waals surface area contributed by atoms with Gasteiger partial charge in [0, 0.05) is 19.3 Å². The topological polar surface area (TPSA) is 78.9 Å². The zero-order valence-corrected chi connectivity index (χ0v) is 45.0. The van der Waals surface area contributed by atoms with Gasteiger partial charge in [0.2, 0.25) is 0 Å². The van der Waals surface area contributed by atoms with Crippen LogP contribution >= 0.6 is 0 Å². The fourth-order valence-corrected chi connectivity index (χ4v) is 7.17. The van der Waals surface area contributed by atoms with Gasteiger partial charge >= 0.3 is 17.9 Å². The molecule has 6 nitrogen and oxygen atoms in total. The smallest absolute Gasteiger partial charge is 0.306 e. The summed E-state index contributed by atoms with van der Waals surface area (Å²) in [5, 5.41) is 0. The van der Waals surface area contributed by atoms with Gasteiger partial charge in [-0.05, 0) is 122 Å². The molecule has 394 valence electrons. The van der Waals surface area contributed by atoms with Gasteiger partial charge < -0.3 is 14.2 Å². The monoisotopic (exact) mass is 967 g/mol. The number of allylic oxidation sites excluding steroid dienone is 22. The number of hydrogen-bond donors (Lipinski definition) is 0. The lowest BCUT2D eigenvalue weighted by molar-refractivity contribution is -0.167. The van der Waals surface area contributed by atoms with Gasteiger partial charge in [0.25, 0.3) is 0 Å². The molecular weight excluding hydrogens is 865 g/mol. The number of rotatable bonds is 49. The van der Waals surface area contributed by atoms with E-state index in [1.807, 2.05) is 0 Å². The Morgan fingerprint density at radius 1 is 0.300 bits per heavy atom. The first-order valence-corrected chi connectivity index (χ1v) is 28.2. The largest absolute Gasteiger partial charge is 0.462 e. The van der Waals surface area contributed by atoms with E-state index in [0.717, 1.165) is 141 Å². The van der Waals surface area contributed by atoms with Gasteiger partial charge in [-0.25, -0.2) is 0 Å². The van der Waals surface area contributed by atoms with Gasteiger partial charge in [-0.3, -0.25) is 14.4 Å². The summed E-state index contributed by atoms with van der Waals surface area (Å²) in [5.74, 6) is -0.975. The van der Waals surface area contributed by atoms with E-state index in [1.54, 1.807) is 0 Å². The van der Waals surface area contributed by atoms with Crippen LogP contribution in [-0.4, -0.2) is 37.2 Å². The zero-order chi connectivity index (χ0) is 50.7. The van der Waals surface area contributed by atoms with Crippen molar-refractivity contribution in [1.29, 1.82) is 0 Å². The van der Waals surface area contributed by atoms with Crippen LogP contribution in [0.4, 0.5) is 0 Å². The maximum atomic E-state index is 12.7. The first kappa shape index (κ1) is 65.5. The molecule has 0 aliphatic carbocycles. The van der Waals surface area contributed by atoms with Crippen molar-refractivity contribution in [2.24, 2.45) is 0 Å². The molecule has 0 spiro atoms. The summed E-state index contributed by atoms with van der Waals surface area (Å²) in [6.07, 6.45) is 80.6. The van der Waals surface area contributed by atoms with Crippen molar-refractivity contribution in [3.63, 3.8) is 0 Å². The maximum absolute atomic E-state index is 12.7. The summed E-state index contributed by atoms with van der Waals surface area (Å²) < 4.78 is 16.6. The van der Waals surface area contributed by atoms with E-state index < -0.39 is 6.10 Å². The second kappa shape index (κ2) is 57.1. The van der Waals surface area contributed by atoms with Crippen LogP contribution in [0.5, 0.6) is 0 Å². The van der Waals surface area contributed by atoms with Gasteiger partial charge in [-0.2, -0.15) is 0 Å². The molecule has 6 heteroatoms. The van der Waals surface area contributed by atoms with Crippen molar-refractivity contribution in [1.82, 2.24) is 0 Å². The second-order valence-electron chi connectivity index (χ2n) is 18.1. The third-order valence-corrected chi connectivity index (χ3v) is 11.4. The minimum Gasteiger partial charge on any atom is -0.462 e. The summed E-state index contributed by atoms with van der Waals surface area (Å²) in [5.41, 5.74) is 0. The lowest BCUT2D eigenvalue weighted by atomic mass is 10.1. The number of ether oxygens (including phenoxy) is 3. The first-order valence-electron chi connectivity index (χ1n) is 28.2. The molecule has 0 radical (unpaired) electrons. The Bertz CT molecular complexity index is 1530. The first-order chi connectivity index (χ1) is 34.5. The third kappa shape index (κ3) is 54.5. The Hall–Kier alpha value is -4.45. The third-order valence-electron chi connectivity index (χ3n) is 11.4. The maximum Gasteiger partial charge on any atom is 0.306 e. The predicted molar refractivity (Wildman–Crippen MR) is 302 cm³/mol.